The zero-order valence-corrected chi connectivity index (χ0v) is 12.0. The molecule has 7 heteroatoms. The zero-order valence-electron chi connectivity index (χ0n) is 12.0. The van der Waals surface area contributed by atoms with Gasteiger partial charge >= 0.3 is 0 Å². The van der Waals surface area contributed by atoms with Crippen LogP contribution in [0.2, 0.25) is 0 Å². The molecule has 0 spiro atoms. The summed E-state index contributed by atoms with van der Waals surface area (Å²) in [5.74, 6) is -1.21. The third-order valence-corrected chi connectivity index (χ3v) is 3.37. The first-order valence-corrected chi connectivity index (χ1v) is 7.00. The van der Waals surface area contributed by atoms with Crippen molar-refractivity contribution in [2.24, 2.45) is 5.10 Å². The Morgan fingerprint density at radius 1 is 1.17 bits per heavy atom. The molecule has 2 N–H and O–H groups in total. The van der Waals surface area contributed by atoms with Gasteiger partial charge in [-0.05, 0) is 23.8 Å². The molecule has 1 aliphatic rings. The lowest BCUT2D eigenvalue weighted by Gasteiger charge is -2.12. The number of hydrazone groups is 1. The van der Waals surface area contributed by atoms with Crippen molar-refractivity contribution in [3.05, 3.63) is 59.7 Å². The highest BCUT2D eigenvalue weighted by atomic mass is 19.1. The predicted molar refractivity (Wildman–Crippen MR) is 82.5 cm³/mol. The minimum absolute atomic E-state index is 0.0952. The van der Waals surface area contributed by atoms with Crippen molar-refractivity contribution in [3.8, 4) is 0 Å². The molecule has 1 aliphatic heterocycles. The summed E-state index contributed by atoms with van der Waals surface area (Å²) in [6.07, 6.45) is 2.22. The quantitative estimate of drug-likeness (QED) is 0.851. The van der Waals surface area contributed by atoms with Crippen LogP contribution in [0, 0.1) is 5.95 Å². The van der Waals surface area contributed by atoms with Crippen molar-refractivity contribution in [3.63, 3.8) is 0 Å². The lowest BCUT2D eigenvalue weighted by molar-refractivity contribution is -0.121. The number of nitrogens with one attached hydrogen (secondary N) is 2. The molecule has 6 nitrogen and oxygen atoms in total. The number of benzene rings is 1. The normalized spacial score (nSPS) is 14.0. The molecule has 0 unspecified atom stereocenters. The van der Waals surface area contributed by atoms with Gasteiger partial charge in [-0.3, -0.25) is 9.59 Å². The highest BCUT2D eigenvalue weighted by molar-refractivity contribution is 6.06. The first-order valence-electron chi connectivity index (χ1n) is 7.00. The van der Waals surface area contributed by atoms with Gasteiger partial charge < -0.3 is 5.32 Å². The van der Waals surface area contributed by atoms with Crippen LogP contribution >= 0.6 is 0 Å². The Balaban J connectivity index is 1.70. The van der Waals surface area contributed by atoms with Gasteiger partial charge in [0.05, 0.1) is 5.71 Å². The Labute approximate surface area is 131 Å². The lowest BCUT2D eigenvalue weighted by atomic mass is 10.0. The highest BCUT2D eigenvalue weighted by Crippen LogP contribution is 2.15. The molecule has 3 rings (SSSR count). The third kappa shape index (κ3) is 3.57. The van der Waals surface area contributed by atoms with E-state index in [1.54, 1.807) is 24.3 Å². The second-order valence-corrected chi connectivity index (χ2v) is 4.99. The SMILES string of the molecule is O=C1CCC(c2ccc(NC(=O)c3ccnc(F)c3)cc2)=NN1. The lowest BCUT2D eigenvalue weighted by Crippen LogP contribution is -2.25. The minimum Gasteiger partial charge on any atom is -0.322 e. The van der Waals surface area contributed by atoms with Crippen molar-refractivity contribution < 1.29 is 14.0 Å². The standard InChI is InChI=1S/C16H13FN4O2/c17-14-9-11(7-8-18-14)16(23)19-12-3-1-10(2-4-12)13-5-6-15(22)21-20-13/h1-4,7-9H,5-6H2,(H,19,23)(H,21,22). The summed E-state index contributed by atoms with van der Waals surface area (Å²) in [5, 5.41) is 6.69. The van der Waals surface area contributed by atoms with E-state index in [0.29, 0.717) is 18.5 Å². The molecular formula is C16H13FN4O2. The Hall–Kier alpha value is -3.09. The first kappa shape index (κ1) is 14.8. The minimum atomic E-state index is -0.703. The number of pyridine rings is 1. The summed E-state index contributed by atoms with van der Waals surface area (Å²) in [6.45, 7) is 0. The van der Waals surface area contributed by atoms with E-state index >= 15 is 0 Å². The number of carbonyl (C=O) groups is 2. The smallest absolute Gasteiger partial charge is 0.255 e. The van der Waals surface area contributed by atoms with Crippen LogP contribution in [0.5, 0.6) is 0 Å². The summed E-state index contributed by atoms with van der Waals surface area (Å²) >= 11 is 0. The van der Waals surface area contributed by atoms with Crippen LogP contribution in [0.15, 0.2) is 47.7 Å². The second-order valence-electron chi connectivity index (χ2n) is 4.99. The van der Waals surface area contributed by atoms with E-state index in [-0.39, 0.29) is 11.5 Å². The molecule has 2 heterocycles. The number of amides is 2. The van der Waals surface area contributed by atoms with Crippen LogP contribution in [0.1, 0.15) is 28.8 Å². The summed E-state index contributed by atoms with van der Waals surface area (Å²) in [7, 11) is 0. The molecule has 0 saturated carbocycles. The maximum absolute atomic E-state index is 13.0. The molecule has 0 aliphatic carbocycles. The number of nitrogens with zero attached hydrogens (tertiary/aromatic N) is 2. The molecule has 0 atom stereocenters. The van der Waals surface area contributed by atoms with Crippen LogP contribution in [0.4, 0.5) is 10.1 Å². The fraction of sp³-hybridized carbons (Fsp3) is 0.125. The van der Waals surface area contributed by atoms with Crippen LogP contribution < -0.4 is 10.7 Å². The first-order chi connectivity index (χ1) is 11.1. The van der Waals surface area contributed by atoms with E-state index in [4.69, 9.17) is 0 Å². The van der Waals surface area contributed by atoms with Gasteiger partial charge in [0.15, 0.2) is 0 Å². The summed E-state index contributed by atoms with van der Waals surface area (Å²) in [4.78, 5) is 26.5. The van der Waals surface area contributed by atoms with Crippen LogP contribution in [-0.2, 0) is 4.79 Å². The van der Waals surface area contributed by atoms with Crippen LogP contribution in [0.3, 0.4) is 0 Å². The largest absolute Gasteiger partial charge is 0.322 e. The summed E-state index contributed by atoms with van der Waals surface area (Å²) in [5.41, 5.74) is 4.88. The van der Waals surface area contributed by atoms with Gasteiger partial charge in [0.2, 0.25) is 11.9 Å². The van der Waals surface area contributed by atoms with Crippen molar-refractivity contribution in [1.29, 1.82) is 0 Å². The van der Waals surface area contributed by atoms with Gasteiger partial charge in [-0.1, -0.05) is 12.1 Å². The molecule has 0 radical (unpaired) electrons. The van der Waals surface area contributed by atoms with E-state index in [1.807, 2.05) is 0 Å². The van der Waals surface area contributed by atoms with E-state index in [9.17, 15) is 14.0 Å². The summed E-state index contributed by atoms with van der Waals surface area (Å²) < 4.78 is 13.0. The molecular weight excluding hydrogens is 299 g/mol. The number of halogens is 1. The number of rotatable bonds is 3. The predicted octanol–water partition coefficient (Wildman–Crippen LogP) is 2.09. The van der Waals surface area contributed by atoms with Crippen molar-refractivity contribution in [2.75, 3.05) is 5.32 Å². The van der Waals surface area contributed by atoms with Gasteiger partial charge in [-0.25, -0.2) is 10.4 Å². The second kappa shape index (κ2) is 6.35. The topological polar surface area (TPSA) is 83.5 Å². The maximum Gasteiger partial charge on any atom is 0.255 e. The van der Waals surface area contributed by atoms with E-state index in [0.717, 1.165) is 17.3 Å². The monoisotopic (exact) mass is 312 g/mol. The van der Waals surface area contributed by atoms with E-state index in [1.165, 1.54) is 12.3 Å². The van der Waals surface area contributed by atoms with Crippen LogP contribution in [0.25, 0.3) is 0 Å². The fourth-order valence-corrected chi connectivity index (χ4v) is 2.18. The van der Waals surface area contributed by atoms with Crippen molar-refractivity contribution in [1.82, 2.24) is 10.4 Å². The van der Waals surface area contributed by atoms with Gasteiger partial charge in [-0.15, -0.1) is 0 Å². The van der Waals surface area contributed by atoms with Gasteiger partial charge in [-0.2, -0.15) is 9.49 Å². The molecule has 0 fully saturated rings. The molecule has 23 heavy (non-hydrogen) atoms. The Morgan fingerprint density at radius 2 is 1.96 bits per heavy atom. The summed E-state index contributed by atoms with van der Waals surface area (Å²) in [6, 6.07) is 9.57. The molecule has 2 aromatic rings. The van der Waals surface area contributed by atoms with Crippen LogP contribution in [-0.4, -0.2) is 22.5 Å². The molecule has 1 aromatic heterocycles. The molecule has 116 valence electrons. The number of hydrogen-bond acceptors (Lipinski definition) is 4. The zero-order chi connectivity index (χ0) is 16.2. The fourth-order valence-electron chi connectivity index (χ4n) is 2.18. The van der Waals surface area contributed by atoms with Crippen molar-refractivity contribution in [2.45, 2.75) is 12.8 Å². The van der Waals surface area contributed by atoms with Gasteiger partial charge in [0.25, 0.3) is 5.91 Å². The van der Waals surface area contributed by atoms with E-state index < -0.39 is 11.9 Å². The Kier molecular flexibility index (Phi) is 4.09. The molecule has 1 aromatic carbocycles. The average molecular weight is 312 g/mol. The van der Waals surface area contributed by atoms with Gasteiger partial charge in [0.1, 0.15) is 0 Å². The molecule has 0 saturated heterocycles. The Bertz CT molecular complexity index is 787. The molecule has 0 bridgehead atoms. The number of carbonyl (C=O) groups excluding carboxylic acids is 2. The number of hydrogen-bond donors (Lipinski definition) is 2. The maximum atomic E-state index is 13.0. The Morgan fingerprint density at radius 3 is 2.61 bits per heavy atom. The number of aromatic nitrogens is 1. The third-order valence-electron chi connectivity index (χ3n) is 3.37. The van der Waals surface area contributed by atoms with Gasteiger partial charge in [0, 0.05) is 36.4 Å². The highest BCUT2D eigenvalue weighted by Gasteiger charge is 2.13. The van der Waals surface area contributed by atoms with Crippen molar-refractivity contribution >= 4 is 23.2 Å². The van der Waals surface area contributed by atoms with E-state index in [2.05, 4.69) is 20.8 Å². The number of anilines is 1. The average Bonchev–Trinajstić information content (AvgIpc) is 2.56. The molecule has 2 amide bonds.